The number of halogens is 2. The molecule has 0 aromatic heterocycles. The van der Waals surface area contributed by atoms with Crippen molar-refractivity contribution < 1.29 is 9.84 Å². The van der Waals surface area contributed by atoms with E-state index < -0.39 is 6.10 Å². The smallest absolute Gasteiger partial charge is 0.145 e. The van der Waals surface area contributed by atoms with Crippen molar-refractivity contribution in [3.05, 3.63) is 27.7 Å². The Bertz CT molecular complexity index is 339. The summed E-state index contributed by atoms with van der Waals surface area (Å²) in [6, 6.07) is 3.41. The van der Waals surface area contributed by atoms with Crippen LogP contribution in [0.1, 0.15) is 18.1 Å². The summed E-state index contributed by atoms with van der Waals surface area (Å²) in [5, 5.41) is 10.4. The summed E-state index contributed by atoms with van der Waals surface area (Å²) in [5.41, 5.74) is 0.723. The van der Waals surface area contributed by atoms with Gasteiger partial charge >= 0.3 is 0 Å². The molecule has 0 amide bonds. The van der Waals surface area contributed by atoms with Crippen molar-refractivity contribution in [3.63, 3.8) is 0 Å². The second-order valence-corrected chi connectivity index (χ2v) is 3.72. The van der Waals surface area contributed by atoms with Crippen molar-refractivity contribution in [1.82, 2.24) is 0 Å². The zero-order valence-corrected chi connectivity index (χ0v) is 8.27. The van der Waals surface area contributed by atoms with Crippen molar-refractivity contribution in [2.75, 3.05) is 6.61 Å². The Kier molecular flexibility index (Phi) is 2.37. The molecule has 0 saturated carbocycles. The molecule has 0 spiro atoms. The Morgan fingerprint density at radius 2 is 2.15 bits per heavy atom. The summed E-state index contributed by atoms with van der Waals surface area (Å²) in [7, 11) is 0. The van der Waals surface area contributed by atoms with Crippen LogP contribution < -0.4 is 4.74 Å². The molecule has 0 saturated heterocycles. The topological polar surface area (TPSA) is 29.5 Å². The molecule has 1 aliphatic heterocycles. The number of fused-ring (bicyclic) bond motifs is 1. The molecule has 2 rings (SSSR count). The second kappa shape index (κ2) is 3.37. The maximum absolute atomic E-state index is 9.59. The Hall–Kier alpha value is -0.440. The second-order valence-electron chi connectivity index (χ2n) is 2.93. The Balaban J connectivity index is 2.56. The van der Waals surface area contributed by atoms with Crippen LogP contribution in [0, 0.1) is 0 Å². The molecule has 1 aliphatic rings. The molecular weight excluding hydrogens is 211 g/mol. The van der Waals surface area contributed by atoms with Gasteiger partial charge in [-0.1, -0.05) is 29.3 Å². The lowest BCUT2D eigenvalue weighted by Gasteiger charge is -2.23. The van der Waals surface area contributed by atoms with Gasteiger partial charge in [-0.3, -0.25) is 0 Å². The van der Waals surface area contributed by atoms with Crippen LogP contribution >= 0.6 is 23.2 Å². The van der Waals surface area contributed by atoms with Crippen molar-refractivity contribution in [1.29, 1.82) is 0 Å². The van der Waals surface area contributed by atoms with E-state index in [1.807, 2.05) is 0 Å². The Morgan fingerprint density at radius 1 is 1.38 bits per heavy atom. The highest BCUT2D eigenvalue weighted by Gasteiger charge is 2.22. The number of benzene rings is 1. The first kappa shape index (κ1) is 9.13. The molecular formula is C9H8Cl2O2. The summed E-state index contributed by atoms with van der Waals surface area (Å²) in [4.78, 5) is 0. The van der Waals surface area contributed by atoms with E-state index in [4.69, 9.17) is 27.9 Å². The van der Waals surface area contributed by atoms with Gasteiger partial charge in [0.05, 0.1) is 17.7 Å². The predicted molar refractivity (Wildman–Crippen MR) is 51.5 cm³/mol. The number of aliphatic hydroxyl groups is 1. The molecule has 4 heteroatoms. The highest BCUT2D eigenvalue weighted by atomic mass is 35.5. The maximum atomic E-state index is 9.59. The first-order chi connectivity index (χ1) is 6.20. The van der Waals surface area contributed by atoms with Crippen molar-refractivity contribution in [3.8, 4) is 5.75 Å². The average Bonchev–Trinajstić information content (AvgIpc) is 2.12. The van der Waals surface area contributed by atoms with Crippen LogP contribution in [0.15, 0.2) is 12.1 Å². The largest absolute Gasteiger partial charge is 0.491 e. The zero-order valence-electron chi connectivity index (χ0n) is 6.76. The molecule has 1 aromatic rings. The van der Waals surface area contributed by atoms with Crippen LogP contribution in [-0.2, 0) is 0 Å². The lowest BCUT2D eigenvalue weighted by Crippen LogP contribution is -2.13. The number of aliphatic hydroxyl groups excluding tert-OH is 1. The van der Waals surface area contributed by atoms with Crippen LogP contribution in [0.3, 0.4) is 0 Å². The van der Waals surface area contributed by atoms with E-state index in [9.17, 15) is 5.11 Å². The summed E-state index contributed by atoms with van der Waals surface area (Å²) in [6.45, 7) is 0.480. The van der Waals surface area contributed by atoms with Gasteiger partial charge in [0.2, 0.25) is 0 Å². The fourth-order valence-electron chi connectivity index (χ4n) is 1.38. The molecule has 1 atom stereocenters. The van der Waals surface area contributed by atoms with Crippen molar-refractivity contribution >= 4 is 23.2 Å². The lowest BCUT2D eigenvalue weighted by atomic mass is 10.0. The average molecular weight is 219 g/mol. The summed E-state index contributed by atoms with van der Waals surface area (Å²) < 4.78 is 5.33. The van der Waals surface area contributed by atoms with E-state index in [0.717, 1.165) is 5.56 Å². The third-order valence-corrected chi connectivity index (χ3v) is 2.86. The Labute approximate surface area is 86.0 Å². The van der Waals surface area contributed by atoms with E-state index in [0.29, 0.717) is 28.8 Å². The van der Waals surface area contributed by atoms with Gasteiger partial charge in [0, 0.05) is 12.0 Å². The van der Waals surface area contributed by atoms with Crippen molar-refractivity contribution in [2.24, 2.45) is 0 Å². The third kappa shape index (κ3) is 1.50. The normalized spacial score (nSPS) is 20.7. The maximum Gasteiger partial charge on any atom is 0.145 e. The molecule has 0 unspecified atom stereocenters. The number of hydrogen-bond donors (Lipinski definition) is 1. The van der Waals surface area contributed by atoms with E-state index >= 15 is 0 Å². The predicted octanol–water partition coefficient (Wildman–Crippen LogP) is 2.81. The minimum Gasteiger partial charge on any atom is -0.491 e. The van der Waals surface area contributed by atoms with Gasteiger partial charge in [0.15, 0.2) is 0 Å². The SMILES string of the molecule is O[C@H]1CCOc2c1ccc(Cl)c2Cl. The van der Waals surface area contributed by atoms with Gasteiger partial charge in [-0.05, 0) is 6.07 Å². The first-order valence-electron chi connectivity index (χ1n) is 3.99. The summed E-state index contributed by atoms with van der Waals surface area (Å²) >= 11 is 11.7. The van der Waals surface area contributed by atoms with Gasteiger partial charge in [-0.2, -0.15) is 0 Å². The zero-order chi connectivity index (χ0) is 9.42. The molecule has 0 aliphatic carbocycles. The third-order valence-electron chi connectivity index (χ3n) is 2.08. The summed E-state index contributed by atoms with van der Waals surface area (Å²) in [5.74, 6) is 0.521. The van der Waals surface area contributed by atoms with Crippen LogP contribution in [0.2, 0.25) is 10.0 Å². The van der Waals surface area contributed by atoms with Crippen LogP contribution in [0.5, 0.6) is 5.75 Å². The molecule has 1 N–H and O–H groups in total. The lowest BCUT2D eigenvalue weighted by molar-refractivity contribution is 0.115. The first-order valence-corrected chi connectivity index (χ1v) is 4.74. The van der Waals surface area contributed by atoms with E-state index in [-0.39, 0.29) is 0 Å². The molecule has 70 valence electrons. The number of hydrogen-bond acceptors (Lipinski definition) is 2. The molecule has 0 radical (unpaired) electrons. The number of ether oxygens (including phenoxy) is 1. The van der Waals surface area contributed by atoms with Crippen LogP contribution in [0.25, 0.3) is 0 Å². The fraction of sp³-hybridized carbons (Fsp3) is 0.333. The van der Waals surface area contributed by atoms with Gasteiger partial charge in [0.1, 0.15) is 10.8 Å². The molecule has 2 nitrogen and oxygen atoms in total. The minimum atomic E-state index is -0.487. The van der Waals surface area contributed by atoms with E-state index in [2.05, 4.69) is 0 Å². The molecule has 13 heavy (non-hydrogen) atoms. The van der Waals surface area contributed by atoms with E-state index in [1.165, 1.54) is 0 Å². The highest BCUT2D eigenvalue weighted by molar-refractivity contribution is 6.43. The van der Waals surface area contributed by atoms with Gasteiger partial charge < -0.3 is 9.84 Å². The van der Waals surface area contributed by atoms with Gasteiger partial charge in [-0.25, -0.2) is 0 Å². The van der Waals surface area contributed by atoms with Crippen molar-refractivity contribution in [2.45, 2.75) is 12.5 Å². The standard InChI is InChI=1S/C9H8Cl2O2/c10-6-2-1-5-7(12)3-4-13-9(5)8(6)11/h1-2,7,12H,3-4H2/t7-/m0/s1. The van der Waals surface area contributed by atoms with Gasteiger partial charge in [0.25, 0.3) is 0 Å². The van der Waals surface area contributed by atoms with E-state index in [1.54, 1.807) is 12.1 Å². The molecule has 0 fully saturated rings. The van der Waals surface area contributed by atoms with Crippen LogP contribution in [-0.4, -0.2) is 11.7 Å². The van der Waals surface area contributed by atoms with Gasteiger partial charge in [-0.15, -0.1) is 0 Å². The Morgan fingerprint density at radius 3 is 2.92 bits per heavy atom. The molecule has 0 bridgehead atoms. The fourth-order valence-corrected chi connectivity index (χ4v) is 1.76. The monoisotopic (exact) mass is 218 g/mol. The quantitative estimate of drug-likeness (QED) is 0.726. The molecule has 1 heterocycles. The van der Waals surface area contributed by atoms with Crippen LogP contribution in [0.4, 0.5) is 0 Å². The summed E-state index contributed by atoms with van der Waals surface area (Å²) in [6.07, 6.45) is 0.115. The molecule has 1 aromatic carbocycles. The highest BCUT2D eigenvalue weighted by Crippen LogP contribution is 2.41. The minimum absolute atomic E-state index is 0.387. The number of rotatable bonds is 0.